The van der Waals surface area contributed by atoms with Gasteiger partial charge in [0.25, 0.3) is 0 Å². The Morgan fingerprint density at radius 1 is 1.09 bits per heavy atom. The number of methoxy groups -OCH3 is 1. The minimum absolute atomic E-state index is 0.776. The van der Waals surface area contributed by atoms with Gasteiger partial charge in [0.1, 0.15) is 23.7 Å². The summed E-state index contributed by atoms with van der Waals surface area (Å²) in [6.45, 7) is 6.14. The lowest BCUT2D eigenvalue weighted by atomic mass is 10.2. The van der Waals surface area contributed by atoms with E-state index in [1.807, 2.05) is 18.2 Å². The largest absolute Gasteiger partial charge is 0.495 e. The van der Waals surface area contributed by atoms with E-state index in [0.29, 0.717) is 0 Å². The first-order valence-electron chi connectivity index (χ1n) is 7.83. The molecule has 0 spiro atoms. The predicted molar refractivity (Wildman–Crippen MR) is 92.8 cm³/mol. The third-order valence-electron chi connectivity index (χ3n) is 4.10. The van der Waals surface area contributed by atoms with Crippen molar-refractivity contribution in [2.75, 3.05) is 50.6 Å². The van der Waals surface area contributed by atoms with Gasteiger partial charge in [0.15, 0.2) is 0 Å². The van der Waals surface area contributed by atoms with Gasteiger partial charge in [-0.05, 0) is 31.7 Å². The molecule has 122 valence electrons. The van der Waals surface area contributed by atoms with Crippen LogP contribution in [0, 0.1) is 6.92 Å². The lowest BCUT2D eigenvalue weighted by Crippen LogP contribution is -2.44. The van der Waals surface area contributed by atoms with Crippen LogP contribution in [0.5, 0.6) is 5.75 Å². The van der Waals surface area contributed by atoms with Crippen LogP contribution in [-0.4, -0.2) is 55.2 Å². The second-order valence-corrected chi connectivity index (χ2v) is 5.88. The lowest BCUT2D eigenvalue weighted by Gasteiger charge is -2.33. The van der Waals surface area contributed by atoms with Gasteiger partial charge in [0, 0.05) is 32.2 Å². The topological polar surface area (TPSA) is 53.5 Å². The third-order valence-corrected chi connectivity index (χ3v) is 4.10. The molecule has 6 heteroatoms. The van der Waals surface area contributed by atoms with E-state index < -0.39 is 0 Å². The van der Waals surface area contributed by atoms with Gasteiger partial charge in [0.2, 0.25) is 0 Å². The number of aromatic nitrogens is 2. The predicted octanol–water partition coefficient (Wildman–Crippen LogP) is 2.29. The van der Waals surface area contributed by atoms with Crippen molar-refractivity contribution >= 4 is 17.3 Å². The number of rotatable bonds is 4. The SMILES string of the molecule is COc1ccc(C)cc1Nc1cc(N2CCN(C)CC2)ncn1. The van der Waals surface area contributed by atoms with Crippen LogP contribution in [0.15, 0.2) is 30.6 Å². The summed E-state index contributed by atoms with van der Waals surface area (Å²) in [6.07, 6.45) is 1.61. The van der Waals surface area contributed by atoms with Crippen molar-refractivity contribution in [3.63, 3.8) is 0 Å². The highest BCUT2D eigenvalue weighted by molar-refractivity contribution is 5.66. The number of aryl methyl sites for hydroxylation is 1. The minimum atomic E-state index is 0.776. The van der Waals surface area contributed by atoms with Gasteiger partial charge in [-0.25, -0.2) is 9.97 Å². The molecule has 1 N–H and O–H groups in total. The monoisotopic (exact) mass is 313 g/mol. The van der Waals surface area contributed by atoms with Crippen LogP contribution in [0.4, 0.5) is 17.3 Å². The van der Waals surface area contributed by atoms with Crippen LogP contribution >= 0.6 is 0 Å². The van der Waals surface area contributed by atoms with Gasteiger partial charge in [-0.15, -0.1) is 0 Å². The molecule has 1 aliphatic heterocycles. The summed E-state index contributed by atoms with van der Waals surface area (Å²) < 4.78 is 5.41. The summed E-state index contributed by atoms with van der Waals surface area (Å²) in [5, 5.41) is 3.34. The molecule has 0 aliphatic carbocycles. The number of nitrogens with one attached hydrogen (secondary N) is 1. The van der Waals surface area contributed by atoms with Crippen LogP contribution in [0.1, 0.15) is 5.56 Å². The Morgan fingerprint density at radius 2 is 1.87 bits per heavy atom. The number of hydrogen-bond acceptors (Lipinski definition) is 6. The van der Waals surface area contributed by atoms with Crippen LogP contribution in [0.25, 0.3) is 0 Å². The maximum atomic E-state index is 5.41. The van der Waals surface area contributed by atoms with Crippen molar-refractivity contribution in [3.05, 3.63) is 36.2 Å². The maximum Gasteiger partial charge on any atom is 0.142 e. The second kappa shape index (κ2) is 6.83. The van der Waals surface area contributed by atoms with Gasteiger partial charge in [-0.3, -0.25) is 0 Å². The normalized spacial score (nSPS) is 15.5. The van der Waals surface area contributed by atoms with Gasteiger partial charge in [-0.2, -0.15) is 0 Å². The van der Waals surface area contributed by atoms with Crippen LogP contribution in [0.3, 0.4) is 0 Å². The quantitative estimate of drug-likeness (QED) is 0.935. The summed E-state index contributed by atoms with van der Waals surface area (Å²) in [4.78, 5) is 13.4. The minimum Gasteiger partial charge on any atom is -0.495 e. The molecule has 1 saturated heterocycles. The van der Waals surface area contributed by atoms with Crippen molar-refractivity contribution in [3.8, 4) is 5.75 Å². The standard InChI is InChI=1S/C17H23N5O/c1-13-4-5-15(23-3)14(10-13)20-16-11-17(19-12-18-16)22-8-6-21(2)7-9-22/h4-5,10-12H,6-9H2,1-3H3,(H,18,19,20). The van der Waals surface area contributed by atoms with Crippen molar-refractivity contribution in [1.82, 2.24) is 14.9 Å². The Labute approximate surface area is 137 Å². The molecular formula is C17H23N5O. The molecule has 0 unspecified atom stereocenters. The number of nitrogens with zero attached hydrogens (tertiary/aromatic N) is 4. The summed E-state index contributed by atoms with van der Waals surface area (Å²) in [5.41, 5.74) is 2.08. The molecule has 0 atom stereocenters. The van der Waals surface area contributed by atoms with E-state index in [1.165, 1.54) is 5.56 Å². The number of ether oxygens (including phenoxy) is 1. The fourth-order valence-electron chi connectivity index (χ4n) is 2.68. The molecule has 2 aromatic rings. The highest BCUT2D eigenvalue weighted by Gasteiger charge is 2.16. The molecule has 2 heterocycles. The van der Waals surface area contributed by atoms with E-state index in [2.05, 4.69) is 45.1 Å². The number of likely N-dealkylation sites (N-methyl/N-ethyl adjacent to an activating group) is 1. The number of piperazine rings is 1. The number of benzene rings is 1. The average molecular weight is 313 g/mol. The average Bonchev–Trinajstić information content (AvgIpc) is 2.56. The highest BCUT2D eigenvalue weighted by atomic mass is 16.5. The van der Waals surface area contributed by atoms with E-state index in [-0.39, 0.29) is 0 Å². The fourth-order valence-corrected chi connectivity index (χ4v) is 2.68. The Balaban J connectivity index is 1.79. The summed E-state index contributed by atoms with van der Waals surface area (Å²) in [7, 11) is 3.82. The summed E-state index contributed by atoms with van der Waals surface area (Å²) in [5.74, 6) is 2.54. The molecule has 1 aromatic heterocycles. The van der Waals surface area contributed by atoms with Crippen LogP contribution in [0.2, 0.25) is 0 Å². The third kappa shape index (κ3) is 3.71. The van der Waals surface area contributed by atoms with E-state index in [9.17, 15) is 0 Å². The Bertz CT molecular complexity index is 668. The van der Waals surface area contributed by atoms with E-state index in [4.69, 9.17) is 4.74 Å². The van der Waals surface area contributed by atoms with Crippen molar-refractivity contribution < 1.29 is 4.74 Å². The summed E-state index contributed by atoms with van der Waals surface area (Å²) in [6, 6.07) is 8.03. The Hall–Kier alpha value is -2.34. The van der Waals surface area contributed by atoms with Crippen LogP contribution < -0.4 is 15.0 Å². The summed E-state index contributed by atoms with van der Waals surface area (Å²) >= 11 is 0. The van der Waals surface area contributed by atoms with Crippen molar-refractivity contribution in [1.29, 1.82) is 0 Å². The van der Waals surface area contributed by atoms with E-state index >= 15 is 0 Å². The van der Waals surface area contributed by atoms with E-state index in [1.54, 1.807) is 13.4 Å². The molecule has 0 amide bonds. The zero-order chi connectivity index (χ0) is 16.2. The smallest absolute Gasteiger partial charge is 0.142 e. The van der Waals surface area contributed by atoms with Gasteiger partial charge >= 0.3 is 0 Å². The molecule has 1 aliphatic rings. The molecule has 0 bridgehead atoms. The zero-order valence-electron chi connectivity index (χ0n) is 13.9. The Morgan fingerprint density at radius 3 is 2.61 bits per heavy atom. The maximum absolute atomic E-state index is 5.41. The molecule has 3 rings (SSSR count). The second-order valence-electron chi connectivity index (χ2n) is 5.88. The molecule has 0 radical (unpaired) electrons. The number of hydrogen-bond donors (Lipinski definition) is 1. The van der Waals surface area contributed by atoms with Crippen LogP contribution in [-0.2, 0) is 0 Å². The zero-order valence-corrected chi connectivity index (χ0v) is 13.9. The number of anilines is 3. The highest BCUT2D eigenvalue weighted by Crippen LogP contribution is 2.28. The molecule has 1 fully saturated rings. The molecule has 0 saturated carbocycles. The molecule has 23 heavy (non-hydrogen) atoms. The molecule has 1 aromatic carbocycles. The first-order chi connectivity index (χ1) is 11.2. The van der Waals surface area contributed by atoms with Crippen molar-refractivity contribution in [2.24, 2.45) is 0 Å². The first-order valence-corrected chi connectivity index (χ1v) is 7.83. The van der Waals surface area contributed by atoms with Gasteiger partial charge in [-0.1, -0.05) is 6.07 Å². The van der Waals surface area contributed by atoms with Crippen molar-refractivity contribution in [2.45, 2.75) is 6.92 Å². The fraction of sp³-hybridized carbons (Fsp3) is 0.412. The van der Waals surface area contributed by atoms with Gasteiger partial charge < -0.3 is 19.9 Å². The molecule has 6 nitrogen and oxygen atoms in total. The Kier molecular flexibility index (Phi) is 4.62. The lowest BCUT2D eigenvalue weighted by molar-refractivity contribution is 0.312. The first kappa shape index (κ1) is 15.6. The van der Waals surface area contributed by atoms with Gasteiger partial charge in [0.05, 0.1) is 12.8 Å². The molecular weight excluding hydrogens is 290 g/mol. The van der Waals surface area contributed by atoms with E-state index in [0.717, 1.165) is 49.3 Å².